The minimum atomic E-state index is -3.45. The van der Waals surface area contributed by atoms with E-state index in [1.165, 1.54) is 11.3 Å². The van der Waals surface area contributed by atoms with Crippen molar-refractivity contribution in [3.8, 4) is 0 Å². The molecule has 0 amide bonds. The topological polar surface area (TPSA) is 75.4 Å². The molecule has 0 radical (unpaired) electrons. The lowest BCUT2D eigenvalue weighted by Gasteiger charge is -2.30. The molecule has 2 rings (SSSR count). The van der Waals surface area contributed by atoms with Gasteiger partial charge in [-0.25, -0.2) is 13.1 Å². The normalized spacial score (nSPS) is 18.2. The first-order valence-electron chi connectivity index (χ1n) is 7.16. The predicted molar refractivity (Wildman–Crippen MR) is 89.9 cm³/mol. The van der Waals surface area contributed by atoms with E-state index < -0.39 is 10.0 Å². The molecule has 3 N–H and O–H groups in total. The Kier molecular flexibility index (Phi) is 6.22. The molecular formula is C13H22BrN3O2S2. The molecule has 21 heavy (non-hydrogen) atoms. The number of hydrogen-bond acceptors (Lipinski definition) is 5. The Balaban J connectivity index is 1.94. The average molecular weight is 396 g/mol. The predicted octanol–water partition coefficient (Wildman–Crippen LogP) is 1.98. The van der Waals surface area contributed by atoms with Gasteiger partial charge < -0.3 is 10.6 Å². The molecule has 0 unspecified atom stereocenters. The largest absolute Gasteiger partial charge is 0.326 e. The van der Waals surface area contributed by atoms with Crippen LogP contribution in [0.2, 0.25) is 0 Å². The summed E-state index contributed by atoms with van der Waals surface area (Å²) in [7, 11) is -3.45. The van der Waals surface area contributed by atoms with Gasteiger partial charge in [0.2, 0.25) is 10.0 Å². The summed E-state index contributed by atoms with van der Waals surface area (Å²) < 4.78 is 28.1. The van der Waals surface area contributed by atoms with E-state index in [0.29, 0.717) is 27.7 Å². The molecule has 0 saturated carbocycles. The van der Waals surface area contributed by atoms with Gasteiger partial charge in [-0.05, 0) is 60.4 Å². The first kappa shape index (κ1) is 17.4. The van der Waals surface area contributed by atoms with Gasteiger partial charge in [0.15, 0.2) is 0 Å². The molecule has 0 atom stereocenters. The molecule has 0 aliphatic carbocycles. The van der Waals surface area contributed by atoms with E-state index in [4.69, 9.17) is 5.73 Å². The van der Waals surface area contributed by atoms with Crippen molar-refractivity contribution >= 4 is 37.3 Å². The molecule has 5 nitrogen and oxygen atoms in total. The first-order valence-corrected chi connectivity index (χ1v) is 10.3. The van der Waals surface area contributed by atoms with Crippen LogP contribution in [0.15, 0.2) is 14.7 Å². The number of nitrogens with zero attached hydrogens (tertiary/aromatic N) is 1. The third-order valence-corrected chi connectivity index (χ3v) is 7.61. The quantitative estimate of drug-likeness (QED) is 0.771. The van der Waals surface area contributed by atoms with Gasteiger partial charge in [-0.2, -0.15) is 0 Å². The summed E-state index contributed by atoms with van der Waals surface area (Å²) >= 11 is 4.69. The Morgan fingerprint density at radius 3 is 2.67 bits per heavy atom. The van der Waals surface area contributed by atoms with Crippen LogP contribution in [0.1, 0.15) is 24.6 Å². The lowest BCUT2D eigenvalue weighted by atomic mass is 9.97. The lowest BCUT2D eigenvalue weighted by molar-refractivity contribution is 0.194. The van der Waals surface area contributed by atoms with Crippen molar-refractivity contribution in [3.05, 3.63) is 14.7 Å². The summed E-state index contributed by atoms with van der Waals surface area (Å²) in [6, 6.07) is 1.65. The fraction of sp³-hybridized carbons (Fsp3) is 0.692. The number of halogens is 1. The fourth-order valence-electron chi connectivity index (χ4n) is 2.49. The summed E-state index contributed by atoms with van der Waals surface area (Å²) in [6.07, 6.45) is 2.10. The van der Waals surface area contributed by atoms with Crippen LogP contribution in [0.3, 0.4) is 0 Å². The third kappa shape index (κ3) is 4.49. The fourth-order valence-corrected chi connectivity index (χ4v) is 6.17. The molecule has 1 aliphatic rings. The van der Waals surface area contributed by atoms with Crippen LogP contribution in [-0.2, 0) is 16.6 Å². The Bertz CT molecular complexity index is 566. The van der Waals surface area contributed by atoms with E-state index in [1.54, 1.807) is 6.07 Å². The highest BCUT2D eigenvalue weighted by molar-refractivity contribution is 9.11. The van der Waals surface area contributed by atoms with Crippen LogP contribution in [-0.4, -0.2) is 39.5 Å². The minimum absolute atomic E-state index is 0.305. The summed E-state index contributed by atoms with van der Waals surface area (Å²) in [4.78, 5) is 3.56. The molecular weight excluding hydrogens is 374 g/mol. The lowest BCUT2D eigenvalue weighted by Crippen LogP contribution is -2.38. The number of rotatable bonds is 6. The van der Waals surface area contributed by atoms with Crippen LogP contribution in [0.5, 0.6) is 0 Å². The van der Waals surface area contributed by atoms with Crippen molar-refractivity contribution in [2.24, 2.45) is 11.7 Å². The van der Waals surface area contributed by atoms with Crippen molar-refractivity contribution in [2.75, 3.05) is 26.2 Å². The van der Waals surface area contributed by atoms with E-state index in [1.807, 2.05) is 0 Å². The maximum absolute atomic E-state index is 12.4. The standard InChI is InChI=1S/C13H22BrN3O2S2/c1-2-17-5-3-10(4-6-17)9-16-21(18,19)12-7-11(8-15)20-13(12)14/h7,10,16H,2-6,8-9,15H2,1H3. The molecule has 1 aliphatic heterocycles. The van der Waals surface area contributed by atoms with E-state index >= 15 is 0 Å². The number of thiophene rings is 1. The van der Waals surface area contributed by atoms with Crippen LogP contribution < -0.4 is 10.5 Å². The van der Waals surface area contributed by atoms with Crippen molar-refractivity contribution in [1.82, 2.24) is 9.62 Å². The maximum atomic E-state index is 12.4. The highest BCUT2D eigenvalue weighted by atomic mass is 79.9. The Hall–Kier alpha value is 0.01000. The van der Waals surface area contributed by atoms with Crippen LogP contribution in [0, 0.1) is 5.92 Å². The van der Waals surface area contributed by atoms with Crippen molar-refractivity contribution < 1.29 is 8.42 Å². The van der Waals surface area contributed by atoms with Gasteiger partial charge in [-0.15, -0.1) is 11.3 Å². The Morgan fingerprint density at radius 2 is 2.14 bits per heavy atom. The molecule has 1 fully saturated rings. The number of nitrogens with two attached hydrogens (primary N) is 1. The molecule has 2 heterocycles. The van der Waals surface area contributed by atoms with Crippen LogP contribution in [0.4, 0.5) is 0 Å². The van der Waals surface area contributed by atoms with Crippen molar-refractivity contribution in [3.63, 3.8) is 0 Å². The number of nitrogens with one attached hydrogen (secondary N) is 1. The minimum Gasteiger partial charge on any atom is -0.326 e. The second-order valence-corrected chi connectivity index (χ2v) is 9.47. The maximum Gasteiger partial charge on any atom is 0.242 e. The molecule has 0 aromatic carbocycles. The number of piperidine rings is 1. The SMILES string of the molecule is CCN1CCC(CNS(=O)(=O)c2cc(CN)sc2Br)CC1. The zero-order chi connectivity index (χ0) is 15.5. The average Bonchev–Trinajstić information content (AvgIpc) is 2.88. The summed E-state index contributed by atoms with van der Waals surface area (Å²) in [5.41, 5.74) is 5.56. The van der Waals surface area contributed by atoms with E-state index in [0.717, 1.165) is 37.4 Å². The second kappa shape index (κ2) is 7.52. The van der Waals surface area contributed by atoms with Gasteiger partial charge in [0, 0.05) is 18.0 Å². The zero-order valence-electron chi connectivity index (χ0n) is 12.1. The van der Waals surface area contributed by atoms with E-state index in [-0.39, 0.29) is 0 Å². The third-order valence-electron chi connectivity index (χ3n) is 3.91. The molecule has 0 bridgehead atoms. The summed E-state index contributed by atoms with van der Waals surface area (Å²) in [5, 5.41) is 0. The van der Waals surface area contributed by atoms with Gasteiger partial charge in [-0.3, -0.25) is 0 Å². The highest BCUT2D eigenvalue weighted by Crippen LogP contribution is 2.31. The van der Waals surface area contributed by atoms with Gasteiger partial charge in [-0.1, -0.05) is 6.92 Å². The second-order valence-electron chi connectivity index (χ2n) is 5.28. The van der Waals surface area contributed by atoms with E-state index in [9.17, 15) is 8.42 Å². The first-order chi connectivity index (χ1) is 9.96. The highest BCUT2D eigenvalue weighted by Gasteiger charge is 2.24. The molecule has 120 valence electrons. The Labute approximate surface area is 139 Å². The molecule has 8 heteroatoms. The van der Waals surface area contributed by atoms with Gasteiger partial charge in [0.25, 0.3) is 0 Å². The number of likely N-dealkylation sites (tertiary alicyclic amines) is 1. The molecule has 1 aromatic rings. The Morgan fingerprint density at radius 1 is 1.48 bits per heavy atom. The van der Waals surface area contributed by atoms with Gasteiger partial charge in [0.1, 0.15) is 4.90 Å². The van der Waals surface area contributed by atoms with Gasteiger partial charge in [0.05, 0.1) is 3.79 Å². The molecule has 1 saturated heterocycles. The van der Waals surface area contributed by atoms with Crippen molar-refractivity contribution in [1.29, 1.82) is 0 Å². The smallest absolute Gasteiger partial charge is 0.242 e. The number of sulfonamides is 1. The number of hydrogen-bond donors (Lipinski definition) is 2. The zero-order valence-corrected chi connectivity index (χ0v) is 15.4. The van der Waals surface area contributed by atoms with Crippen LogP contribution >= 0.6 is 27.3 Å². The molecule has 1 aromatic heterocycles. The monoisotopic (exact) mass is 395 g/mol. The summed E-state index contributed by atoms with van der Waals surface area (Å²) in [6.45, 7) is 6.22. The molecule has 0 spiro atoms. The van der Waals surface area contributed by atoms with Crippen molar-refractivity contribution in [2.45, 2.75) is 31.2 Å². The van der Waals surface area contributed by atoms with E-state index in [2.05, 4.69) is 32.5 Å². The van der Waals surface area contributed by atoms with Gasteiger partial charge >= 0.3 is 0 Å². The summed E-state index contributed by atoms with van der Waals surface area (Å²) in [5.74, 6) is 0.425. The van der Waals surface area contributed by atoms with Crippen LogP contribution in [0.25, 0.3) is 0 Å².